The minimum absolute atomic E-state index is 0. The van der Waals surface area contributed by atoms with Gasteiger partial charge in [0.1, 0.15) is 0 Å². The van der Waals surface area contributed by atoms with Gasteiger partial charge in [0.05, 0.1) is 5.92 Å². The molecule has 1 aromatic rings. The Morgan fingerprint density at radius 1 is 1.52 bits per heavy atom. The Hall–Kier alpha value is -1.14. The molecule has 2 heterocycles. The van der Waals surface area contributed by atoms with E-state index in [0.29, 0.717) is 11.8 Å². The molecule has 0 spiro atoms. The van der Waals surface area contributed by atoms with Gasteiger partial charge in [0.2, 0.25) is 11.8 Å². The van der Waals surface area contributed by atoms with Crippen LogP contribution in [0.5, 0.6) is 0 Å². The molecule has 1 aromatic heterocycles. The fourth-order valence-electron chi connectivity index (χ4n) is 2.63. The average molecular weight is 317 g/mol. The molecule has 7 heteroatoms. The predicted molar refractivity (Wildman–Crippen MR) is 82.1 cm³/mol. The number of nitrogens with zero attached hydrogens (tertiary/aromatic N) is 3. The third-order valence-electron chi connectivity index (χ3n) is 4.05. The number of hydrogen-bond acceptors (Lipinski definition) is 5. The van der Waals surface area contributed by atoms with Crippen molar-refractivity contribution in [2.24, 2.45) is 17.6 Å². The minimum atomic E-state index is -0.124. The van der Waals surface area contributed by atoms with E-state index >= 15 is 0 Å². The highest BCUT2D eigenvalue weighted by molar-refractivity contribution is 5.85. The quantitative estimate of drug-likeness (QED) is 0.911. The zero-order chi connectivity index (χ0) is 14.7. The first-order chi connectivity index (χ1) is 9.47. The topological polar surface area (TPSA) is 85.2 Å². The zero-order valence-electron chi connectivity index (χ0n) is 12.9. The van der Waals surface area contributed by atoms with Crippen molar-refractivity contribution in [3.63, 3.8) is 0 Å². The van der Waals surface area contributed by atoms with Gasteiger partial charge in [0.25, 0.3) is 0 Å². The highest BCUT2D eigenvalue weighted by Crippen LogP contribution is 2.21. The maximum absolute atomic E-state index is 12.3. The number of piperidine rings is 1. The summed E-state index contributed by atoms with van der Waals surface area (Å²) in [7, 11) is 0. The Morgan fingerprint density at radius 3 is 2.81 bits per heavy atom. The van der Waals surface area contributed by atoms with Gasteiger partial charge in [-0.15, -0.1) is 12.4 Å². The normalized spacial score (nSPS) is 21.5. The van der Waals surface area contributed by atoms with Crippen molar-refractivity contribution in [3.05, 3.63) is 11.7 Å². The van der Waals surface area contributed by atoms with Crippen LogP contribution < -0.4 is 5.73 Å². The van der Waals surface area contributed by atoms with Gasteiger partial charge >= 0.3 is 0 Å². The number of aryl methyl sites for hydroxylation is 1. The van der Waals surface area contributed by atoms with E-state index in [1.54, 1.807) is 6.92 Å². The largest absolute Gasteiger partial charge is 0.342 e. The van der Waals surface area contributed by atoms with Crippen LogP contribution in [0.4, 0.5) is 0 Å². The smallest absolute Gasteiger partial charge is 0.226 e. The molecule has 2 N–H and O–H groups in total. The maximum Gasteiger partial charge on any atom is 0.226 e. The Labute approximate surface area is 131 Å². The van der Waals surface area contributed by atoms with Gasteiger partial charge in [-0.25, -0.2) is 0 Å². The second-order valence-corrected chi connectivity index (χ2v) is 5.87. The molecule has 6 nitrogen and oxygen atoms in total. The van der Waals surface area contributed by atoms with Gasteiger partial charge in [-0.2, -0.15) is 4.98 Å². The lowest BCUT2D eigenvalue weighted by Gasteiger charge is -2.34. The van der Waals surface area contributed by atoms with Crippen molar-refractivity contribution < 1.29 is 9.32 Å². The summed E-state index contributed by atoms with van der Waals surface area (Å²) < 4.78 is 4.99. The molecule has 1 saturated heterocycles. The highest BCUT2D eigenvalue weighted by Gasteiger charge is 2.28. The van der Waals surface area contributed by atoms with E-state index in [1.165, 1.54) is 0 Å². The molecule has 21 heavy (non-hydrogen) atoms. The SMILES string of the molecule is Cc1nc(CC2CCCN(C(=O)C(C)C(C)N)C2)no1.Cl. The van der Waals surface area contributed by atoms with Crippen molar-refractivity contribution in [1.82, 2.24) is 15.0 Å². The van der Waals surface area contributed by atoms with E-state index in [-0.39, 0.29) is 30.3 Å². The van der Waals surface area contributed by atoms with Crippen LogP contribution in [0.3, 0.4) is 0 Å². The summed E-state index contributed by atoms with van der Waals surface area (Å²) in [5.74, 6) is 1.77. The van der Waals surface area contributed by atoms with Gasteiger partial charge in [-0.3, -0.25) is 4.79 Å². The van der Waals surface area contributed by atoms with E-state index in [2.05, 4.69) is 10.1 Å². The first kappa shape index (κ1) is 17.9. The summed E-state index contributed by atoms with van der Waals surface area (Å²) in [6.45, 7) is 7.17. The molecule has 0 bridgehead atoms. The lowest BCUT2D eigenvalue weighted by atomic mass is 9.93. The second kappa shape index (κ2) is 7.75. The fraction of sp³-hybridized carbons (Fsp3) is 0.786. The van der Waals surface area contributed by atoms with Crippen LogP contribution in [0.15, 0.2) is 4.52 Å². The molecule has 0 aromatic carbocycles. The molecule has 120 valence electrons. The molecule has 0 saturated carbocycles. The predicted octanol–water partition coefficient (Wildman–Crippen LogP) is 1.56. The second-order valence-electron chi connectivity index (χ2n) is 5.87. The molecule has 0 aliphatic carbocycles. The third-order valence-corrected chi connectivity index (χ3v) is 4.05. The molecule has 2 rings (SSSR count). The molecular formula is C14H25ClN4O2. The van der Waals surface area contributed by atoms with Crippen LogP contribution in [-0.4, -0.2) is 40.1 Å². The molecule has 1 fully saturated rings. The number of aromatic nitrogens is 2. The Kier molecular flexibility index (Phi) is 6.61. The van der Waals surface area contributed by atoms with Gasteiger partial charge in [-0.05, 0) is 25.7 Å². The number of carbonyl (C=O) groups is 1. The summed E-state index contributed by atoms with van der Waals surface area (Å²) in [4.78, 5) is 18.5. The summed E-state index contributed by atoms with van der Waals surface area (Å²) in [6.07, 6.45) is 2.90. The maximum atomic E-state index is 12.3. The van der Waals surface area contributed by atoms with Crippen molar-refractivity contribution in [3.8, 4) is 0 Å². The standard InChI is InChI=1S/C14H24N4O2.ClH/c1-9(10(2)15)14(19)18-6-4-5-12(8-18)7-13-16-11(3)20-17-13;/h9-10,12H,4-8,15H2,1-3H3;1H. The molecule has 1 amide bonds. The zero-order valence-corrected chi connectivity index (χ0v) is 13.7. The number of nitrogens with two attached hydrogens (primary N) is 1. The van der Waals surface area contributed by atoms with Gasteiger partial charge in [-0.1, -0.05) is 12.1 Å². The van der Waals surface area contributed by atoms with Gasteiger partial charge < -0.3 is 15.2 Å². The minimum Gasteiger partial charge on any atom is -0.342 e. The molecule has 0 radical (unpaired) electrons. The number of rotatable bonds is 4. The average Bonchev–Trinajstić information content (AvgIpc) is 2.82. The number of likely N-dealkylation sites (tertiary alicyclic amines) is 1. The molecule has 1 aliphatic rings. The lowest BCUT2D eigenvalue weighted by Crippen LogP contribution is -2.46. The summed E-state index contributed by atoms with van der Waals surface area (Å²) in [6, 6.07) is -0.109. The third kappa shape index (κ3) is 4.68. The van der Waals surface area contributed by atoms with E-state index in [1.807, 2.05) is 18.7 Å². The summed E-state index contributed by atoms with van der Waals surface area (Å²) in [5.41, 5.74) is 5.82. The monoisotopic (exact) mass is 316 g/mol. The molecule has 1 aliphatic heterocycles. The lowest BCUT2D eigenvalue weighted by molar-refractivity contribution is -0.137. The Bertz CT molecular complexity index is 464. The van der Waals surface area contributed by atoms with Crippen LogP contribution in [0.25, 0.3) is 0 Å². The summed E-state index contributed by atoms with van der Waals surface area (Å²) >= 11 is 0. The Morgan fingerprint density at radius 2 is 2.24 bits per heavy atom. The number of hydrogen-bond donors (Lipinski definition) is 1. The van der Waals surface area contributed by atoms with E-state index in [0.717, 1.165) is 38.2 Å². The van der Waals surface area contributed by atoms with Crippen LogP contribution in [0, 0.1) is 18.8 Å². The highest BCUT2D eigenvalue weighted by atomic mass is 35.5. The van der Waals surface area contributed by atoms with Crippen LogP contribution >= 0.6 is 12.4 Å². The van der Waals surface area contributed by atoms with Crippen molar-refractivity contribution in [2.75, 3.05) is 13.1 Å². The van der Waals surface area contributed by atoms with E-state index in [9.17, 15) is 4.79 Å². The number of amides is 1. The molecular weight excluding hydrogens is 292 g/mol. The van der Waals surface area contributed by atoms with Crippen molar-refractivity contribution in [2.45, 2.75) is 46.1 Å². The summed E-state index contributed by atoms with van der Waals surface area (Å²) in [5, 5.41) is 3.93. The molecule has 3 unspecified atom stereocenters. The number of halogens is 1. The van der Waals surface area contributed by atoms with Crippen molar-refractivity contribution >= 4 is 18.3 Å². The van der Waals surface area contributed by atoms with Gasteiger partial charge in [0.15, 0.2) is 5.82 Å². The van der Waals surface area contributed by atoms with E-state index in [4.69, 9.17) is 10.3 Å². The molecule has 3 atom stereocenters. The van der Waals surface area contributed by atoms with E-state index < -0.39 is 0 Å². The van der Waals surface area contributed by atoms with Crippen molar-refractivity contribution in [1.29, 1.82) is 0 Å². The first-order valence-corrected chi connectivity index (χ1v) is 7.31. The van der Waals surface area contributed by atoms with Crippen LogP contribution in [0.1, 0.15) is 38.4 Å². The first-order valence-electron chi connectivity index (χ1n) is 7.31. The van der Waals surface area contributed by atoms with Gasteiger partial charge in [0, 0.05) is 32.5 Å². The number of carbonyl (C=O) groups excluding carboxylic acids is 1. The Balaban J connectivity index is 0.00000220. The van der Waals surface area contributed by atoms with Crippen LogP contribution in [0.2, 0.25) is 0 Å². The fourth-order valence-corrected chi connectivity index (χ4v) is 2.63. The van der Waals surface area contributed by atoms with Crippen LogP contribution in [-0.2, 0) is 11.2 Å².